The van der Waals surface area contributed by atoms with Crippen LogP contribution in [-0.2, 0) is 4.79 Å². The van der Waals surface area contributed by atoms with Gasteiger partial charge in [-0.05, 0) is 76.0 Å². The summed E-state index contributed by atoms with van der Waals surface area (Å²) in [6.07, 6.45) is 9.75. The molecule has 2 heterocycles. The van der Waals surface area contributed by atoms with E-state index in [9.17, 15) is 9.59 Å². The Morgan fingerprint density at radius 1 is 1.12 bits per heavy atom. The number of carbonyl (C=O) groups excluding carboxylic acids is 2. The molecule has 2 atom stereocenters. The molecule has 6 fully saturated rings. The summed E-state index contributed by atoms with van der Waals surface area (Å²) >= 11 is 0. The number of fused-ring (bicyclic) bond motifs is 1. The zero-order valence-corrected chi connectivity index (χ0v) is 14.7. The third kappa shape index (κ3) is 2.19. The summed E-state index contributed by atoms with van der Waals surface area (Å²) in [5.74, 6) is 2.61. The van der Waals surface area contributed by atoms with Crippen molar-refractivity contribution in [1.82, 2.24) is 15.1 Å². The standard InChI is InChI=1S/C19H29N3O2/c1-12-17(23)21-4-2-3-16(21)11-22(12)18(24)20-19-8-13-5-14(9-19)7-15(6-13)10-19/h12-16H,2-11H2,1H3,(H,20,24)/t12-,13?,14?,15?,16+,19?/m1/s1. The van der Waals surface area contributed by atoms with E-state index in [1.54, 1.807) is 0 Å². The van der Waals surface area contributed by atoms with Crippen LogP contribution in [0.4, 0.5) is 4.79 Å². The number of urea groups is 1. The first-order valence-electron chi connectivity index (χ1n) is 9.92. The van der Waals surface area contributed by atoms with Gasteiger partial charge in [-0.3, -0.25) is 4.79 Å². The molecule has 1 N–H and O–H groups in total. The van der Waals surface area contributed by atoms with Gasteiger partial charge >= 0.3 is 6.03 Å². The number of carbonyl (C=O) groups is 2. The van der Waals surface area contributed by atoms with Crippen molar-refractivity contribution in [1.29, 1.82) is 0 Å². The van der Waals surface area contributed by atoms with E-state index in [0.717, 1.165) is 56.4 Å². The lowest BCUT2D eigenvalue weighted by Gasteiger charge is -2.57. The quantitative estimate of drug-likeness (QED) is 0.802. The van der Waals surface area contributed by atoms with E-state index >= 15 is 0 Å². The zero-order chi connectivity index (χ0) is 16.5. The van der Waals surface area contributed by atoms with E-state index in [4.69, 9.17) is 0 Å². The number of nitrogens with zero attached hydrogens (tertiary/aromatic N) is 2. The third-order valence-corrected chi connectivity index (χ3v) is 7.56. The lowest BCUT2D eigenvalue weighted by atomic mass is 9.53. The van der Waals surface area contributed by atoms with Gasteiger partial charge in [0.05, 0.1) is 0 Å². The fourth-order valence-corrected chi connectivity index (χ4v) is 6.90. The summed E-state index contributed by atoms with van der Waals surface area (Å²) < 4.78 is 0. The molecule has 0 spiro atoms. The highest BCUT2D eigenvalue weighted by Gasteiger charge is 2.52. The molecule has 132 valence electrons. The van der Waals surface area contributed by atoms with Gasteiger partial charge in [-0.2, -0.15) is 0 Å². The molecule has 3 amide bonds. The second-order valence-electron chi connectivity index (χ2n) is 9.28. The van der Waals surface area contributed by atoms with Crippen LogP contribution in [0.15, 0.2) is 0 Å². The SMILES string of the molecule is C[C@@H]1C(=O)N2CCC[C@H]2CN1C(=O)NC12CC3CC(CC(C3)C1)C2. The molecule has 2 saturated heterocycles. The van der Waals surface area contributed by atoms with Crippen molar-refractivity contribution in [3.05, 3.63) is 0 Å². The number of hydrogen-bond acceptors (Lipinski definition) is 2. The van der Waals surface area contributed by atoms with Gasteiger partial charge in [-0.15, -0.1) is 0 Å². The van der Waals surface area contributed by atoms with Crippen LogP contribution in [0, 0.1) is 17.8 Å². The first-order chi connectivity index (χ1) is 11.5. The highest BCUT2D eigenvalue weighted by Crippen LogP contribution is 2.55. The predicted octanol–water partition coefficient (Wildman–Crippen LogP) is 2.36. The Labute approximate surface area is 144 Å². The Kier molecular flexibility index (Phi) is 3.21. The molecule has 5 heteroatoms. The minimum absolute atomic E-state index is 0.0179. The number of rotatable bonds is 1. The molecule has 6 aliphatic rings. The number of amides is 3. The van der Waals surface area contributed by atoms with Crippen LogP contribution in [0.2, 0.25) is 0 Å². The van der Waals surface area contributed by atoms with Crippen LogP contribution in [-0.4, -0.2) is 52.5 Å². The van der Waals surface area contributed by atoms with Gasteiger partial charge in [0.25, 0.3) is 0 Å². The van der Waals surface area contributed by atoms with Crippen molar-refractivity contribution in [2.45, 2.75) is 75.9 Å². The molecule has 0 unspecified atom stereocenters. The van der Waals surface area contributed by atoms with Crippen LogP contribution in [0.1, 0.15) is 58.3 Å². The first-order valence-corrected chi connectivity index (χ1v) is 9.92. The van der Waals surface area contributed by atoms with Gasteiger partial charge in [-0.1, -0.05) is 0 Å². The second-order valence-corrected chi connectivity index (χ2v) is 9.28. The minimum Gasteiger partial charge on any atom is -0.336 e. The van der Waals surface area contributed by atoms with Crippen molar-refractivity contribution < 1.29 is 9.59 Å². The molecule has 0 radical (unpaired) electrons. The predicted molar refractivity (Wildman–Crippen MR) is 90.3 cm³/mol. The van der Waals surface area contributed by atoms with E-state index in [1.807, 2.05) is 16.7 Å². The Morgan fingerprint density at radius 3 is 2.38 bits per heavy atom. The zero-order valence-electron chi connectivity index (χ0n) is 14.7. The van der Waals surface area contributed by atoms with Crippen LogP contribution in [0.3, 0.4) is 0 Å². The molecule has 4 bridgehead atoms. The maximum absolute atomic E-state index is 13.1. The Balaban J connectivity index is 1.32. The van der Waals surface area contributed by atoms with E-state index in [-0.39, 0.29) is 29.6 Å². The fourth-order valence-electron chi connectivity index (χ4n) is 6.90. The Morgan fingerprint density at radius 2 is 1.75 bits per heavy atom. The van der Waals surface area contributed by atoms with Crippen LogP contribution in [0.5, 0.6) is 0 Å². The summed E-state index contributed by atoms with van der Waals surface area (Å²) in [6, 6.07) is -0.0478. The van der Waals surface area contributed by atoms with E-state index in [0.29, 0.717) is 6.54 Å². The average Bonchev–Trinajstić information content (AvgIpc) is 2.97. The summed E-state index contributed by atoms with van der Waals surface area (Å²) in [5.41, 5.74) is 0.0292. The molecule has 5 nitrogen and oxygen atoms in total. The normalized spacial score (nSPS) is 46.4. The molecule has 0 aromatic heterocycles. The molecule has 4 saturated carbocycles. The first kappa shape index (κ1) is 15.0. The maximum atomic E-state index is 13.1. The van der Waals surface area contributed by atoms with Gasteiger partial charge in [0.2, 0.25) is 5.91 Å². The minimum atomic E-state index is -0.312. The van der Waals surface area contributed by atoms with Crippen LogP contribution >= 0.6 is 0 Å². The smallest absolute Gasteiger partial charge is 0.318 e. The van der Waals surface area contributed by atoms with Crippen LogP contribution in [0.25, 0.3) is 0 Å². The summed E-state index contributed by atoms with van der Waals surface area (Å²) in [7, 11) is 0. The Hall–Kier alpha value is -1.26. The highest BCUT2D eigenvalue weighted by atomic mass is 16.2. The molecular formula is C19H29N3O2. The molecule has 24 heavy (non-hydrogen) atoms. The molecule has 4 aliphatic carbocycles. The van der Waals surface area contributed by atoms with E-state index in [2.05, 4.69) is 5.32 Å². The molecule has 0 aromatic carbocycles. The van der Waals surface area contributed by atoms with Crippen molar-refractivity contribution in [3.63, 3.8) is 0 Å². The van der Waals surface area contributed by atoms with E-state index in [1.165, 1.54) is 19.3 Å². The molecule has 2 aliphatic heterocycles. The largest absolute Gasteiger partial charge is 0.336 e. The van der Waals surface area contributed by atoms with Gasteiger partial charge in [-0.25, -0.2) is 4.79 Å². The van der Waals surface area contributed by atoms with Gasteiger partial charge < -0.3 is 15.1 Å². The highest BCUT2D eigenvalue weighted by molar-refractivity contribution is 5.88. The van der Waals surface area contributed by atoms with Crippen molar-refractivity contribution in [2.24, 2.45) is 17.8 Å². The third-order valence-electron chi connectivity index (χ3n) is 7.56. The fraction of sp³-hybridized carbons (Fsp3) is 0.895. The summed E-state index contributed by atoms with van der Waals surface area (Å²) in [6.45, 7) is 3.49. The molecular weight excluding hydrogens is 302 g/mol. The van der Waals surface area contributed by atoms with Gasteiger partial charge in [0, 0.05) is 24.7 Å². The lowest BCUT2D eigenvalue weighted by Crippen LogP contribution is -2.66. The monoisotopic (exact) mass is 331 g/mol. The number of nitrogens with one attached hydrogen (secondary N) is 1. The van der Waals surface area contributed by atoms with E-state index < -0.39 is 0 Å². The van der Waals surface area contributed by atoms with Crippen LogP contribution < -0.4 is 5.32 Å². The summed E-state index contributed by atoms with van der Waals surface area (Å²) in [5, 5.41) is 3.44. The second kappa shape index (κ2) is 5.12. The molecule has 0 aromatic rings. The lowest BCUT2D eigenvalue weighted by molar-refractivity contribution is -0.141. The van der Waals surface area contributed by atoms with Gasteiger partial charge in [0.15, 0.2) is 0 Å². The summed E-state index contributed by atoms with van der Waals surface area (Å²) in [4.78, 5) is 29.5. The number of hydrogen-bond donors (Lipinski definition) is 1. The van der Waals surface area contributed by atoms with Gasteiger partial charge in [0.1, 0.15) is 6.04 Å². The maximum Gasteiger partial charge on any atom is 0.318 e. The molecule has 6 rings (SSSR count). The van der Waals surface area contributed by atoms with Crippen molar-refractivity contribution in [3.8, 4) is 0 Å². The Bertz CT molecular complexity index is 540. The number of piperazine rings is 1. The van der Waals surface area contributed by atoms with Crippen molar-refractivity contribution >= 4 is 11.9 Å². The average molecular weight is 331 g/mol. The topological polar surface area (TPSA) is 52.7 Å². The van der Waals surface area contributed by atoms with Crippen molar-refractivity contribution in [2.75, 3.05) is 13.1 Å².